The summed E-state index contributed by atoms with van der Waals surface area (Å²) in [4.78, 5) is 27.3. The normalized spacial score (nSPS) is 6.62. The van der Waals surface area contributed by atoms with Crippen LogP contribution in [-0.4, -0.2) is 97.2 Å². The van der Waals surface area contributed by atoms with Crippen molar-refractivity contribution in [2.24, 2.45) is 0 Å². The third-order valence-corrected chi connectivity index (χ3v) is 1.17. The summed E-state index contributed by atoms with van der Waals surface area (Å²) in [5, 5.41) is 27.9. The average Bonchev–Trinajstić information content (AvgIpc) is 2.02. The molecule has 0 unspecified atom stereocenters. The van der Waals surface area contributed by atoms with Crippen LogP contribution in [0.15, 0.2) is 0 Å². The molecule has 0 spiro atoms. The zero-order valence-electron chi connectivity index (χ0n) is 7.78. The first-order chi connectivity index (χ1) is 6.77. The average molecular weight is 364 g/mol. The van der Waals surface area contributed by atoms with Gasteiger partial charge in [-0.2, -0.15) is 0 Å². The molecule has 0 aromatic rings. The molecule has 0 aliphatic heterocycles. The summed E-state index contributed by atoms with van der Waals surface area (Å²) in [6.45, 7) is 2.31. The maximum absolute atomic E-state index is 10.2. The third-order valence-electron chi connectivity index (χ3n) is 0.434. The van der Waals surface area contributed by atoms with E-state index >= 15 is 0 Å². The zero-order chi connectivity index (χ0) is 12.9. The molecular weight excluding hydrogens is 351 g/mol. The van der Waals surface area contributed by atoms with Gasteiger partial charge < -0.3 is 20.4 Å². The summed E-state index contributed by atoms with van der Waals surface area (Å²) < 4.78 is 5.09. The van der Waals surface area contributed by atoms with Crippen LogP contribution >= 0.6 is 0 Å². The number of carbonyl (C=O) groups excluding carboxylic acids is 1. The fourth-order valence-electron chi connectivity index (χ4n) is 0.207. The Morgan fingerprint density at radius 2 is 1.31 bits per heavy atom. The van der Waals surface area contributed by atoms with Crippen molar-refractivity contribution in [1.29, 1.82) is 0 Å². The number of esters is 1. The Morgan fingerprint density at radius 3 is 1.38 bits per heavy atom. The van der Waals surface area contributed by atoms with E-state index < -0.39 is 12.3 Å². The molecule has 0 saturated carbocycles. The van der Waals surface area contributed by atoms with Gasteiger partial charge in [-0.05, 0) is 0 Å². The van der Waals surface area contributed by atoms with E-state index in [9.17, 15) is 4.79 Å². The van der Waals surface area contributed by atoms with Crippen molar-refractivity contribution < 1.29 is 39.5 Å². The summed E-state index contributed by atoms with van der Waals surface area (Å²) in [6.07, 6.45) is -3.67. The molecule has 0 heterocycles. The number of carboxylic acid groups (broad SMARTS) is 4. The van der Waals surface area contributed by atoms with Crippen LogP contribution in [0.1, 0.15) is 6.92 Å². The molecule has 4 N–H and O–H groups in total. The fourth-order valence-corrected chi connectivity index (χ4v) is 0.467. The van der Waals surface area contributed by atoms with E-state index in [2.05, 4.69) is 4.74 Å². The summed E-state index contributed by atoms with van der Waals surface area (Å²) in [6, 6.07) is 0. The van der Waals surface area contributed by atoms with E-state index in [0.717, 1.165) is 0 Å². The summed E-state index contributed by atoms with van der Waals surface area (Å²) in [5.74, 6) is -0.100. The predicted molar refractivity (Wildman–Crippen MR) is 57.0 cm³/mol. The van der Waals surface area contributed by atoms with Gasteiger partial charge in [0.15, 0.2) is 0 Å². The Bertz CT molecular complexity index is 177. The Labute approximate surface area is 127 Å². The van der Waals surface area contributed by atoms with Crippen molar-refractivity contribution >= 4 is 70.1 Å². The van der Waals surface area contributed by atoms with E-state index in [4.69, 9.17) is 30.0 Å². The molecule has 0 saturated heterocycles. The van der Waals surface area contributed by atoms with Crippen LogP contribution in [0.3, 0.4) is 0 Å². The molecule has 0 radical (unpaired) electrons. The fraction of sp³-hybridized carbons (Fsp3) is 0.500. The maximum atomic E-state index is 10.2. The Balaban J connectivity index is -0.0000000700. The first-order valence-electron chi connectivity index (χ1n) is 3.38. The SMILES string of the molecule is CCOC(=O)C[TeH].O=C(O)O.O=C(O)O.[NaH]. The van der Waals surface area contributed by atoms with E-state index in [1.807, 2.05) is 0 Å². The third kappa shape index (κ3) is 98.1. The van der Waals surface area contributed by atoms with Gasteiger partial charge in [0, 0.05) is 0 Å². The van der Waals surface area contributed by atoms with Crippen LogP contribution in [0.2, 0.25) is 4.47 Å². The molecule has 0 fully saturated rings. The molecule has 8 nitrogen and oxygen atoms in total. The van der Waals surface area contributed by atoms with Crippen LogP contribution < -0.4 is 0 Å². The molecule has 10 heteroatoms. The number of rotatable bonds is 2. The topological polar surface area (TPSA) is 141 Å². The van der Waals surface area contributed by atoms with Gasteiger partial charge in [0.05, 0.1) is 0 Å². The Morgan fingerprint density at radius 1 is 1.06 bits per heavy atom. The molecule has 0 bridgehead atoms. The summed E-state index contributed by atoms with van der Waals surface area (Å²) in [7, 11) is 0. The van der Waals surface area contributed by atoms with Crippen molar-refractivity contribution in [2.45, 2.75) is 11.4 Å². The monoisotopic (exact) mass is 366 g/mol. The molecule has 0 aliphatic rings. The minimum absolute atomic E-state index is 0. The summed E-state index contributed by atoms with van der Waals surface area (Å²) >= 11 is 1.47. The second-order valence-corrected chi connectivity index (χ2v) is 2.43. The number of hydrogen-bond acceptors (Lipinski definition) is 4. The van der Waals surface area contributed by atoms with Crippen LogP contribution in [0.4, 0.5) is 9.59 Å². The van der Waals surface area contributed by atoms with Gasteiger partial charge in [0.1, 0.15) is 0 Å². The standard InChI is InChI=1S/C4H8O2Te.2CH2O3.Na.H/c1-2-6-4(5)3-7;2*2-1(3)4;;/h7H,2-3H2,1H3;2*(H2,2,3,4);;. The molecule has 0 atom stereocenters. The molecule has 0 rings (SSSR count). The van der Waals surface area contributed by atoms with Crippen molar-refractivity contribution in [2.75, 3.05) is 6.61 Å². The second-order valence-electron chi connectivity index (χ2n) is 1.53. The number of hydrogen-bond donors (Lipinski definition) is 4. The van der Waals surface area contributed by atoms with Gasteiger partial charge in [-0.1, -0.05) is 0 Å². The molecule has 0 aromatic carbocycles. The van der Waals surface area contributed by atoms with Gasteiger partial charge in [0.25, 0.3) is 0 Å². The van der Waals surface area contributed by atoms with Crippen LogP contribution in [0.5, 0.6) is 0 Å². The van der Waals surface area contributed by atoms with E-state index in [0.29, 0.717) is 11.1 Å². The Kier molecular flexibility index (Phi) is 31.4. The second kappa shape index (κ2) is 20.2. The first-order valence-corrected chi connectivity index (χ1v) is 5.18. The van der Waals surface area contributed by atoms with Gasteiger partial charge in [-0.3, -0.25) is 0 Å². The number of carbonyl (C=O) groups is 3. The zero-order valence-corrected chi connectivity index (χ0v) is 10.3. The van der Waals surface area contributed by atoms with Crippen molar-refractivity contribution in [3.05, 3.63) is 0 Å². The number of ether oxygens (including phenoxy) is 1. The Hall–Kier alpha value is -0.200. The van der Waals surface area contributed by atoms with Crippen LogP contribution in [0.25, 0.3) is 0 Å². The van der Waals surface area contributed by atoms with Gasteiger partial charge in [-0.15, -0.1) is 0 Å². The first kappa shape index (κ1) is 24.9. The molecule has 0 aromatic heterocycles. The van der Waals surface area contributed by atoms with Crippen molar-refractivity contribution in [3.63, 3.8) is 0 Å². The molecule has 16 heavy (non-hydrogen) atoms. The van der Waals surface area contributed by atoms with Gasteiger partial charge >= 0.3 is 97.7 Å². The van der Waals surface area contributed by atoms with E-state index in [1.165, 1.54) is 22.3 Å². The predicted octanol–water partition coefficient (Wildman–Crippen LogP) is -0.335. The summed E-state index contributed by atoms with van der Waals surface area (Å²) in [5.41, 5.74) is 0. The van der Waals surface area contributed by atoms with Gasteiger partial charge in [0.2, 0.25) is 0 Å². The van der Waals surface area contributed by atoms with Crippen molar-refractivity contribution in [1.82, 2.24) is 0 Å². The molecule has 92 valence electrons. The van der Waals surface area contributed by atoms with Crippen LogP contribution in [-0.2, 0) is 9.53 Å². The van der Waals surface area contributed by atoms with Crippen LogP contribution in [0, 0.1) is 0 Å². The molecular formula is C6H13NaO8Te. The van der Waals surface area contributed by atoms with Crippen molar-refractivity contribution in [3.8, 4) is 0 Å². The quantitative estimate of drug-likeness (QED) is 0.386. The van der Waals surface area contributed by atoms with E-state index in [-0.39, 0.29) is 35.5 Å². The minimum atomic E-state index is -1.83. The molecule has 0 aliphatic carbocycles. The van der Waals surface area contributed by atoms with E-state index in [1.54, 1.807) is 6.92 Å². The molecule has 0 amide bonds. The van der Waals surface area contributed by atoms with Gasteiger partial charge in [-0.25, -0.2) is 9.59 Å².